The molecule has 0 fully saturated rings. The summed E-state index contributed by atoms with van der Waals surface area (Å²) in [7, 11) is -3.91. The Morgan fingerprint density at radius 3 is 2.22 bits per heavy atom. The van der Waals surface area contributed by atoms with Crippen LogP contribution in [-0.2, 0) is 14.4 Å². The fourth-order valence-electron chi connectivity index (χ4n) is 4.50. The van der Waals surface area contributed by atoms with Crippen LogP contribution < -0.4 is 14.2 Å². The van der Waals surface area contributed by atoms with E-state index in [2.05, 4.69) is 35.8 Å². The van der Waals surface area contributed by atoms with Gasteiger partial charge < -0.3 is 13.9 Å². The molecule has 2 atom stereocenters. The Morgan fingerprint density at radius 1 is 1.02 bits per heavy atom. The fraction of sp³-hybridized carbons (Fsp3) is 0.387. The molecule has 0 aliphatic carbocycles. The average molecular weight is 721 g/mol. The molecule has 10 nitrogen and oxygen atoms in total. The standard InChI is InChI=1S/C31H39BrFN5O5SSi/c1-19-15-21(18-34-17-19)29-35-36-30(38(29)27-25(41-6)11-10-12-26(27)42-7)37-44(39,40)20(2)28(43-45(8,9)31(3,4)5)23-14-13-22(32)16-24(23)33/h10-18,20,28H,1-9H3,(H,36,37)/t20-,28?/m1/s1. The van der Waals surface area contributed by atoms with Gasteiger partial charge in [-0.05, 0) is 67.9 Å². The molecule has 0 aliphatic rings. The van der Waals surface area contributed by atoms with Gasteiger partial charge >= 0.3 is 0 Å². The summed E-state index contributed by atoms with van der Waals surface area (Å²) in [5.74, 6) is 0.378. The van der Waals surface area contributed by atoms with Crippen molar-refractivity contribution in [2.45, 2.75) is 64.1 Å². The molecular formula is C31H39BrFN5O5SSi. The molecule has 1 unspecified atom stereocenters. The van der Waals surface area contributed by atoms with E-state index in [0.29, 0.717) is 33.0 Å². The number of ether oxygens (including phenoxy) is 2. The third kappa shape index (κ3) is 7.24. The first-order valence-electron chi connectivity index (χ1n) is 14.2. The molecule has 0 saturated carbocycles. The van der Waals surface area contributed by atoms with Crippen LogP contribution >= 0.6 is 15.9 Å². The second-order valence-corrected chi connectivity index (χ2v) is 20.0. The highest BCUT2D eigenvalue weighted by Crippen LogP contribution is 2.43. The minimum atomic E-state index is -4.30. The summed E-state index contributed by atoms with van der Waals surface area (Å²) < 4.78 is 66.6. The van der Waals surface area contributed by atoms with Gasteiger partial charge in [0.15, 0.2) is 14.1 Å². The summed E-state index contributed by atoms with van der Waals surface area (Å²) in [5, 5.41) is 7.10. The Bertz CT molecular complexity index is 1770. The van der Waals surface area contributed by atoms with Crippen LogP contribution in [0.25, 0.3) is 17.1 Å². The topological polar surface area (TPSA) is 117 Å². The fourth-order valence-corrected chi connectivity index (χ4v) is 7.35. The second kappa shape index (κ2) is 13.2. The highest BCUT2D eigenvalue weighted by Gasteiger charge is 2.44. The first-order chi connectivity index (χ1) is 21.0. The van der Waals surface area contributed by atoms with Gasteiger partial charge in [0.05, 0.1) is 20.3 Å². The van der Waals surface area contributed by atoms with Crippen LogP contribution in [0.3, 0.4) is 0 Å². The second-order valence-electron chi connectivity index (χ2n) is 12.3. The van der Waals surface area contributed by atoms with Crippen molar-refractivity contribution in [2.75, 3.05) is 18.9 Å². The number of benzene rings is 2. The third-order valence-corrected chi connectivity index (χ3v) is 14.7. The number of methoxy groups -OCH3 is 2. The molecule has 2 heterocycles. The first kappa shape index (κ1) is 34.5. The predicted molar refractivity (Wildman–Crippen MR) is 180 cm³/mol. The number of nitrogens with one attached hydrogen (secondary N) is 1. The van der Waals surface area contributed by atoms with Crippen LogP contribution in [0.15, 0.2) is 59.3 Å². The molecule has 45 heavy (non-hydrogen) atoms. The predicted octanol–water partition coefficient (Wildman–Crippen LogP) is 7.45. The number of aromatic nitrogens is 4. The van der Waals surface area contributed by atoms with Crippen molar-refractivity contribution in [3.8, 4) is 28.6 Å². The van der Waals surface area contributed by atoms with E-state index in [1.807, 2.05) is 46.9 Å². The van der Waals surface area contributed by atoms with Crippen molar-refractivity contribution in [1.29, 1.82) is 0 Å². The van der Waals surface area contributed by atoms with Crippen molar-refractivity contribution in [2.24, 2.45) is 0 Å². The van der Waals surface area contributed by atoms with Crippen molar-refractivity contribution >= 4 is 40.2 Å². The molecule has 242 valence electrons. The molecule has 0 saturated heterocycles. The number of hydrogen-bond acceptors (Lipinski definition) is 8. The summed E-state index contributed by atoms with van der Waals surface area (Å²) in [6.07, 6.45) is 2.17. The molecule has 0 aliphatic heterocycles. The van der Waals surface area contributed by atoms with Gasteiger partial charge in [-0.2, -0.15) is 0 Å². The van der Waals surface area contributed by atoms with Gasteiger partial charge in [-0.1, -0.05) is 48.8 Å². The molecule has 14 heteroatoms. The Labute approximate surface area is 273 Å². The van der Waals surface area contributed by atoms with Gasteiger partial charge in [-0.15, -0.1) is 10.2 Å². The van der Waals surface area contributed by atoms with Crippen LogP contribution in [0.2, 0.25) is 18.1 Å². The van der Waals surface area contributed by atoms with Gasteiger partial charge in [-0.3, -0.25) is 14.3 Å². The molecule has 4 rings (SSSR count). The van der Waals surface area contributed by atoms with E-state index in [1.54, 1.807) is 42.7 Å². The molecule has 0 bridgehead atoms. The maximum Gasteiger partial charge on any atom is 0.243 e. The smallest absolute Gasteiger partial charge is 0.243 e. The number of sulfonamides is 1. The van der Waals surface area contributed by atoms with E-state index in [9.17, 15) is 8.42 Å². The number of rotatable bonds is 11. The molecule has 0 radical (unpaired) electrons. The summed E-state index contributed by atoms with van der Waals surface area (Å²) in [6.45, 7) is 13.5. The van der Waals surface area contributed by atoms with Gasteiger partial charge in [0, 0.05) is 28.0 Å². The lowest BCUT2D eigenvalue weighted by molar-refractivity contribution is 0.177. The maximum absolute atomic E-state index is 15.5. The zero-order chi connectivity index (χ0) is 33.3. The number of nitrogens with zero attached hydrogens (tertiary/aromatic N) is 4. The molecule has 4 aromatic rings. The maximum atomic E-state index is 15.5. The molecule has 0 amide bonds. The van der Waals surface area contributed by atoms with Crippen LogP contribution in [0.4, 0.5) is 10.3 Å². The number of hydrogen-bond donors (Lipinski definition) is 1. The quantitative estimate of drug-likeness (QED) is 0.159. The highest BCUT2D eigenvalue weighted by molar-refractivity contribution is 9.10. The Morgan fingerprint density at radius 2 is 1.67 bits per heavy atom. The molecule has 1 N–H and O–H groups in total. The minimum Gasteiger partial charge on any atom is -0.494 e. The molecule has 2 aromatic carbocycles. The van der Waals surface area contributed by atoms with Gasteiger partial charge in [-0.25, -0.2) is 12.8 Å². The molecule has 2 aromatic heterocycles. The zero-order valence-electron chi connectivity index (χ0n) is 26.8. The van der Waals surface area contributed by atoms with E-state index >= 15 is 4.39 Å². The summed E-state index contributed by atoms with van der Waals surface area (Å²) in [5.41, 5.74) is 1.97. The number of pyridine rings is 1. The lowest BCUT2D eigenvalue weighted by Gasteiger charge is -2.41. The summed E-state index contributed by atoms with van der Waals surface area (Å²) in [4.78, 5) is 4.28. The third-order valence-electron chi connectivity index (χ3n) is 8.07. The largest absolute Gasteiger partial charge is 0.494 e. The first-order valence-corrected chi connectivity index (χ1v) is 19.5. The SMILES string of the molecule is COc1cccc(OC)c1-n1c(NS(=O)(=O)[C@H](C)C(O[Si](C)(C)C(C)(C)C)c2ccc(Br)cc2F)nnc1-c1cncc(C)c1. The van der Waals surface area contributed by atoms with Crippen LogP contribution in [-0.4, -0.2) is 56.0 Å². The van der Waals surface area contributed by atoms with E-state index in [4.69, 9.17) is 13.9 Å². The lowest BCUT2D eigenvalue weighted by Crippen LogP contribution is -2.45. The summed E-state index contributed by atoms with van der Waals surface area (Å²) in [6, 6.07) is 11.6. The van der Waals surface area contributed by atoms with Gasteiger partial charge in [0.2, 0.25) is 16.0 Å². The average Bonchev–Trinajstić information content (AvgIpc) is 3.36. The lowest BCUT2D eigenvalue weighted by atomic mass is 10.1. The number of aryl methyl sites for hydroxylation is 1. The van der Waals surface area contributed by atoms with Crippen LogP contribution in [0, 0.1) is 12.7 Å². The van der Waals surface area contributed by atoms with E-state index in [1.165, 1.54) is 31.8 Å². The number of anilines is 1. The van der Waals surface area contributed by atoms with Crippen molar-refractivity contribution in [1.82, 2.24) is 19.7 Å². The summed E-state index contributed by atoms with van der Waals surface area (Å²) >= 11 is 3.29. The van der Waals surface area contributed by atoms with Gasteiger partial charge in [0.1, 0.15) is 28.3 Å². The highest BCUT2D eigenvalue weighted by atomic mass is 79.9. The van der Waals surface area contributed by atoms with Crippen LogP contribution in [0.5, 0.6) is 11.5 Å². The van der Waals surface area contributed by atoms with E-state index < -0.39 is 35.5 Å². The zero-order valence-corrected chi connectivity index (χ0v) is 30.2. The Hall–Kier alpha value is -3.33. The Kier molecular flexibility index (Phi) is 10.1. The van der Waals surface area contributed by atoms with Crippen molar-refractivity contribution in [3.63, 3.8) is 0 Å². The molecular weight excluding hydrogens is 681 g/mol. The minimum absolute atomic E-state index is 0.122. The number of para-hydroxylation sites is 1. The van der Waals surface area contributed by atoms with Gasteiger partial charge in [0.25, 0.3) is 0 Å². The Balaban J connectivity index is 1.88. The van der Waals surface area contributed by atoms with Crippen LogP contribution in [0.1, 0.15) is 44.9 Å². The monoisotopic (exact) mass is 719 g/mol. The van der Waals surface area contributed by atoms with Crippen molar-refractivity contribution in [3.05, 3.63) is 76.3 Å². The normalized spacial score (nSPS) is 13.8. The molecule has 0 spiro atoms. The van der Waals surface area contributed by atoms with Crippen molar-refractivity contribution < 1.29 is 26.7 Å². The van der Waals surface area contributed by atoms with E-state index in [-0.39, 0.29) is 16.6 Å². The van der Waals surface area contributed by atoms with E-state index in [0.717, 1.165) is 5.56 Å². The number of halogens is 2.